The van der Waals surface area contributed by atoms with Crippen molar-refractivity contribution in [1.29, 1.82) is 0 Å². The first-order chi connectivity index (χ1) is 16.4. The molecular weight excluding hydrogens is 426 g/mol. The number of amides is 1. The lowest BCUT2D eigenvalue weighted by atomic mass is 9.99. The molecule has 0 aliphatic carbocycles. The summed E-state index contributed by atoms with van der Waals surface area (Å²) in [6.45, 7) is 6.33. The van der Waals surface area contributed by atoms with E-state index in [1.807, 2.05) is 55.5 Å². The monoisotopic (exact) mass is 455 g/mol. The lowest BCUT2D eigenvalue weighted by molar-refractivity contribution is -0.114. The number of benzene rings is 3. The third kappa shape index (κ3) is 4.86. The number of carboxylic acid groups (broad SMARTS) is 1. The van der Waals surface area contributed by atoms with Crippen molar-refractivity contribution in [2.24, 2.45) is 0 Å². The smallest absolute Gasteiger partial charge is 0.336 e. The Labute approximate surface area is 199 Å². The van der Waals surface area contributed by atoms with Crippen molar-refractivity contribution in [3.8, 4) is 11.1 Å². The van der Waals surface area contributed by atoms with Crippen LogP contribution in [0.3, 0.4) is 0 Å². The lowest BCUT2D eigenvalue weighted by Crippen LogP contribution is -2.07. The second kappa shape index (κ2) is 9.91. The van der Waals surface area contributed by atoms with Crippen molar-refractivity contribution >= 4 is 28.6 Å². The van der Waals surface area contributed by atoms with Crippen LogP contribution >= 0.6 is 0 Å². The Morgan fingerprint density at radius 3 is 2.47 bits per heavy atom. The summed E-state index contributed by atoms with van der Waals surface area (Å²) in [5, 5.41) is 12.4. The zero-order valence-electron chi connectivity index (χ0n) is 19.8. The van der Waals surface area contributed by atoms with Crippen LogP contribution in [0.1, 0.15) is 54.0 Å². The van der Waals surface area contributed by atoms with E-state index in [0.717, 1.165) is 58.5 Å². The first kappa shape index (κ1) is 23.2. The van der Waals surface area contributed by atoms with Crippen LogP contribution in [0.4, 0.5) is 5.69 Å². The van der Waals surface area contributed by atoms with Crippen LogP contribution in [0.25, 0.3) is 22.2 Å². The van der Waals surface area contributed by atoms with Gasteiger partial charge in [0, 0.05) is 25.6 Å². The molecule has 1 heterocycles. The minimum Gasteiger partial charge on any atom is -0.478 e. The molecular formula is C28H29N3O3. The van der Waals surface area contributed by atoms with Gasteiger partial charge in [0.05, 0.1) is 16.6 Å². The van der Waals surface area contributed by atoms with Crippen molar-refractivity contribution in [2.45, 2.75) is 46.6 Å². The van der Waals surface area contributed by atoms with Crippen molar-refractivity contribution in [1.82, 2.24) is 9.55 Å². The Kier molecular flexibility index (Phi) is 6.77. The van der Waals surface area contributed by atoms with E-state index < -0.39 is 5.97 Å². The summed E-state index contributed by atoms with van der Waals surface area (Å²) in [6.07, 6.45) is 3.01. The van der Waals surface area contributed by atoms with E-state index in [0.29, 0.717) is 17.7 Å². The molecule has 0 radical (unpaired) electrons. The Bertz CT molecular complexity index is 1350. The molecule has 4 rings (SSSR count). The Morgan fingerprint density at radius 2 is 1.79 bits per heavy atom. The Balaban J connectivity index is 1.72. The first-order valence-corrected chi connectivity index (χ1v) is 11.6. The number of aromatic carboxylic acids is 1. The van der Waals surface area contributed by atoms with Crippen molar-refractivity contribution < 1.29 is 14.7 Å². The third-order valence-corrected chi connectivity index (χ3v) is 5.96. The maximum absolute atomic E-state index is 11.6. The van der Waals surface area contributed by atoms with Gasteiger partial charge < -0.3 is 15.0 Å². The van der Waals surface area contributed by atoms with Gasteiger partial charge >= 0.3 is 5.97 Å². The van der Waals surface area contributed by atoms with Gasteiger partial charge in [0.15, 0.2) is 0 Å². The highest BCUT2D eigenvalue weighted by Gasteiger charge is 2.15. The second-order valence-electron chi connectivity index (χ2n) is 8.61. The molecule has 174 valence electrons. The van der Waals surface area contributed by atoms with E-state index in [2.05, 4.69) is 16.8 Å². The van der Waals surface area contributed by atoms with Crippen molar-refractivity contribution in [2.75, 3.05) is 5.32 Å². The number of aromatic nitrogens is 2. The highest BCUT2D eigenvalue weighted by atomic mass is 16.4. The molecule has 0 aliphatic heterocycles. The third-order valence-electron chi connectivity index (χ3n) is 5.96. The summed E-state index contributed by atoms with van der Waals surface area (Å²) in [5.41, 5.74) is 6.69. The molecule has 0 aliphatic rings. The van der Waals surface area contributed by atoms with Crippen LogP contribution in [-0.2, 0) is 17.8 Å². The normalized spacial score (nSPS) is 11.0. The molecule has 0 saturated heterocycles. The summed E-state index contributed by atoms with van der Waals surface area (Å²) in [5.74, 6) is -0.0102. The lowest BCUT2D eigenvalue weighted by Gasteiger charge is -2.12. The Morgan fingerprint density at radius 1 is 1.06 bits per heavy atom. The van der Waals surface area contributed by atoms with E-state index >= 15 is 0 Å². The summed E-state index contributed by atoms with van der Waals surface area (Å²) >= 11 is 0. The van der Waals surface area contributed by atoms with Crippen molar-refractivity contribution in [3.63, 3.8) is 0 Å². The number of fused-ring (bicyclic) bond motifs is 1. The average molecular weight is 456 g/mol. The molecule has 0 unspecified atom stereocenters. The molecule has 3 aromatic carbocycles. The maximum atomic E-state index is 11.6. The SMILES string of the molecule is CCCCc1nc2c(C)cc(NC(C)=O)cc2n1Cc1ccc(-c2ccccc2C(=O)O)cc1. The molecule has 6 nitrogen and oxygen atoms in total. The summed E-state index contributed by atoms with van der Waals surface area (Å²) in [6, 6.07) is 19.0. The van der Waals surface area contributed by atoms with E-state index in [1.54, 1.807) is 12.1 Å². The summed E-state index contributed by atoms with van der Waals surface area (Å²) < 4.78 is 2.23. The number of imidazole rings is 1. The molecule has 1 amide bonds. The molecule has 4 aromatic rings. The van der Waals surface area contributed by atoms with Gasteiger partial charge in [-0.3, -0.25) is 4.79 Å². The number of nitrogens with one attached hydrogen (secondary N) is 1. The molecule has 34 heavy (non-hydrogen) atoms. The topological polar surface area (TPSA) is 84.2 Å². The van der Waals surface area contributed by atoms with Gasteiger partial charge in [0.2, 0.25) is 5.91 Å². The van der Waals surface area contributed by atoms with Crippen LogP contribution in [0.5, 0.6) is 0 Å². The molecule has 0 bridgehead atoms. The number of hydrogen-bond donors (Lipinski definition) is 2. The quantitative estimate of drug-likeness (QED) is 0.338. The van der Waals surface area contributed by atoms with Gasteiger partial charge in [-0.05, 0) is 53.8 Å². The molecule has 6 heteroatoms. The average Bonchev–Trinajstić information content (AvgIpc) is 3.15. The number of unbranched alkanes of at least 4 members (excludes halogenated alkanes) is 1. The minimum absolute atomic E-state index is 0.103. The largest absolute Gasteiger partial charge is 0.478 e. The van der Waals surface area contributed by atoms with Crippen LogP contribution in [0, 0.1) is 6.92 Å². The van der Waals surface area contributed by atoms with Gasteiger partial charge in [0.25, 0.3) is 0 Å². The molecule has 0 saturated carbocycles. The number of aryl methyl sites for hydroxylation is 2. The maximum Gasteiger partial charge on any atom is 0.336 e. The molecule has 2 N–H and O–H groups in total. The van der Waals surface area contributed by atoms with Crippen molar-refractivity contribution in [3.05, 3.63) is 83.2 Å². The minimum atomic E-state index is -0.935. The van der Waals surface area contributed by atoms with Gasteiger partial charge in [0.1, 0.15) is 5.82 Å². The fraction of sp³-hybridized carbons (Fsp3) is 0.250. The predicted octanol–water partition coefficient (Wildman–Crippen LogP) is 6.06. The standard InChI is InChI=1S/C28H29N3O3/c1-4-5-10-26-30-27-18(2)15-22(29-19(3)32)16-25(27)31(26)17-20-11-13-21(14-12-20)23-8-6-7-9-24(23)28(33)34/h6-9,11-16H,4-5,10,17H2,1-3H3,(H,29,32)(H,33,34). The van der Waals surface area contributed by atoms with E-state index in [-0.39, 0.29) is 5.91 Å². The number of anilines is 1. The number of carboxylic acids is 1. The fourth-order valence-electron chi connectivity index (χ4n) is 4.31. The molecule has 0 fully saturated rings. The number of carbonyl (C=O) groups is 2. The summed E-state index contributed by atoms with van der Waals surface area (Å²) in [4.78, 5) is 28.2. The summed E-state index contributed by atoms with van der Waals surface area (Å²) in [7, 11) is 0. The number of nitrogens with zero attached hydrogens (tertiary/aromatic N) is 2. The molecule has 1 aromatic heterocycles. The van der Waals surface area contributed by atoms with E-state index in [1.165, 1.54) is 6.92 Å². The van der Waals surface area contributed by atoms with E-state index in [4.69, 9.17) is 4.98 Å². The van der Waals surface area contributed by atoms with Gasteiger partial charge in [-0.25, -0.2) is 9.78 Å². The molecule has 0 atom stereocenters. The van der Waals surface area contributed by atoms with Gasteiger partial charge in [-0.15, -0.1) is 0 Å². The van der Waals surface area contributed by atoms with E-state index in [9.17, 15) is 14.7 Å². The van der Waals surface area contributed by atoms with Crippen LogP contribution in [0.2, 0.25) is 0 Å². The first-order valence-electron chi connectivity index (χ1n) is 11.6. The highest BCUT2D eigenvalue weighted by molar-refractivity contribution is 5.96. The van der Waals surface area contributed by atoms with Crippen LogP contribution < -0.4 is 5.32 Å². The van der Waals surface area contributed by atoms with Crippen LogP contribution in [0.15, 0.2) is 60.7 Å². The zero-order valence-corrected chi connectivity index (χ0v) is 19.8. The highest BCUT2D eigenvalue weighted by Crippen LogP contribution is 2.28. The Hall–Kier alpha value is -3.93. The predicted molar refractivity (Wildman–Crippen MR) is 135 cm³/mol. The number of hydrogen-bond acceptors (Lipinski definition) is 3. The second-order valence-corrected chi connectivity index (χ2v) is 8.61. The number of carbonyl (C=O) groups excluding carboxylic acids is 1. The van der Waals surface area contributed by atoms with Gasteiger partial charge in [-0.1, -0.05) is 55.8 Å². The molecule has 0 spiro atoms. The number of rotatable bonds is 8. The van der Waals surface area contributed by atoms with Gasteiger partial charge in [-0.2, -0.15) is 0 Å². The zero-order chi connectivity index (χ0) is 24.2. The fourth-order valence-corrected chi connectivity index (χ4v) is 4.31. The van der Waals surface area contributed by atoms with Crippen LogP contribution in [-0.4, -0.2) is 26.5 Å².